The van der Waals surface area contributed by atoms with Crippen molar-refractivity contribution in [2.75, 3.05) is 13.1 Å². The van der Waals surface area contributed by atoms with Gasteiger partial charge in [0.25, 0.3) is 0 Å². The molecule has 2 aromatic rings. The summed E-state index contributed by atoms with van der Waals surface area (Å²) in [6.45, 7) is 6.49. The average Bonchev–Trinajstić information content (AvgIpc) is 2.98. The number of thiophene rings is 1. The highest BCUT2D eigenvalue weighted by Crippen LogP contribution is 2.24. The molecule has 1 aliphatic rings. The lowest BCUT2D eigenvalue weighted by Gasteiger charge is -2.26. The molecular formula is C16H20N2OS. The Balaban J connectivity index is 1.72. The third-order valence-electron chi connectivity index (χ3n) is 4.33. The first-order valence-electron chi connectivity index (χ1n) is 7.00. The highest BCUT2D eigenvalue weighted by Gasteiger charge is 2.21. The van der Waals surface area contributed by atoms with Crippen molar-refractivity contribution in [2.24, 2.45) is 7.05 Å². The smallest absolute Gasteiger partial charge is 0.178 e. The Morgan fingerprint density at radius 2 is 2.20 bits per heavy atom. The van der Waals surface area contributed by atoms with Gasteiger partial charge < -0.3 is 4.57 Å². The van der Waals surface area contributed by atoms with Gasteiger partial charge in [-0.05, 0) is 43.3 Å². The predicted octanol–water partition coefficient (Wildman–Crippen LogP) is 2.94. The van der Waals surface area contributed by atoms with Gasteiger partial charge in [-0.3, -0.25) is 9.69 Å². The molecule has 0 aliphatic carbocycles. The van der Waals surface area contributed by atoms with E-state index >= 15 is 0 Å². The number of aryl methyl sites for hydroxylation is 1. The highest BCUT2D eigenvalue weighted by atomic mass is 32.1. The minimum absolute atomic E-state index is 0.241. The van der Waals surface area contributed by atoms with Crippen molar-refractivity contribution < 1.29 is 4.79 Å². The van der Waals surface area contributed by atoms with Gasteiger partial charge in [0.2, 0.25) is 0 Å². The zero-order chi connectivity index (χ0) is 14.3. The number of Topliss-reactive ketones (excluding diaryl/α,β-unsaturated/α-hetero) is 1. The molecule has 2 aromatic heterocycles. The van der Waals surface area contributed by atoms with Crippen molar-refractivity contribution >= 4 is 17.1 Å². The van der Waals surface area contributed by atoms with Gasteiger partial charge in [0.1, 0.15) is 0 Å². The van der Waals surface area contributed by atoms with E-state index < -0.39 is 0 Å². The maximum atomic E-state index is 12.5. The molecule has 0 N–H and O–H groups in total. The zero-order valence-corrected chi connectivity index (χ0v) is 13.1. The van der Waals surface area contributed by atoms with Crippen LogP contribution in [0, 0.1) is 13.8 Å². The second kappa shape index (κ2) is 5.19. The predicted molar refractivity (Wildman–Crippen MR) is 82.5 cm³/mol. The van der Waals surface area contributed by atoms with E-state index in [1.54, 1.807) is 0 Å². The van der Waals surface area contributed by atoms with Crippen molar-refractivity contribution in [1.29, 1.82) is 0 Å². The van der Waals surface area contributed by atoms with Crippen LogP contribution in [0.25, 0.3) is 0 Å². The number of nitrogens with zero attached hydrogens (tertiary/aromatic N) is 2. The molecule has 106 valence electrons. The monoisotopic (exact) mass is 288 g/mol. The minimum atomic E-state index is 0.241. The highest BCUT2D eigenvalue weighted by molar-refractivity contribution is 7.10. The summed E-state index contributed by atoms with van der Waals surface area (Å²) in [5, 5.41) is 2.15. The van der Waals surface area contributed by atoms with Crippen molar-refractivity contribution in [3.8, 4) is 0 Å². The van der Waals surface area contributed by atoms with Crippen LogP contribution < -0.4 is 0 Å². The van der Waals surface area contributed by atoms with Crippen LogP contribution >= 0.6 is 11.3 Å². The maximum absolute atomic E-state index is 12.5. The van der Waals surface area contributed by atoms with Crippen LogP contribution in [0.2, 0.25) is 0 Å². The fourth-order valence-electron chi connectivity index (χ4n) is 2.87. The second-order valence-corrected chi connectivity index (χ2v) is 6.60. The van der Waals surface area contributed by atoms with Crippen LogP contribution in [-0.4, -0.2) is 28.3 Å². The summed E-state index contributed by atoms with van der Waals surface area (Å²) in [6, 6.07) is 4.20. The molecule has 0 radical (unpaired) electrons. The lowest BCUT2D eigenvalue weighted by Crippen LogP contribution is -2.34. The molecule has 0 unspecified atom stereocenters. The zero-order valence-electron chi connectivity index (χ0n) is 12.3. The summed E-state index contributed by atoms with van der Waals surface area (Å²) in [7, 11) is 2.01. The van der Waals surface area contributed by atoms with Crippen LogP contribution in [0.3, 0.4) is 0 Å². The largest absolute Gasteiger partial charge is 0.351 e. The van der Waals surface area contributed by atoms with Crippen LogP contribution in [0.4, 0.5) is 0 Å². The van der Waals surface area contributed by atoms with Gasteiger partial charge in [-0.1, -0.05) is 0 Å². The van der Waals surface area contributed by atoms with Gasteiger partial charge in [0, 0.05) is 42.0 Å². The third kappa shape index (κ3) is 2.34. The molecule has 20 heavy (non-hydrogen) atoms. The van der Waals surface area contributed by atoms with Gasteiger partial charge in [-0.15, -0.1) is 11.3 Å². The van der Waals surface area contributed by atoms with Crippen molar-refractivity contribution in [3.05, 3.63) is 44.9 Å². The van der Waals surface area contributed by atoms with Gasteiger partial charge in [0.15, 0.2) is 5.78 Å². The maximum Gasteiger partial charge on any atom is 0.178 e. The Morgan fingerprint density at radius 1 is 1.40 bits per heavy atom. The van der Waals surface area contributed by atoms with E-state index in [0.29, 0.717) is 6.54 Å². The molecule has 0 saturated carbocycles. The normalized spacial score (nSPS) is 15.3. The van der Waals surface area contributed by atoms with E-state index in [4.69, 9.17) is 0 Å². The number of hydrogen-bond acceptors (Lipinski definition) is 3. The van der Waals surface area contributed by atoms with Crippen LogP contribution in [-0.2, 0) is 20.0 Å². The first-order chi connectivity index (χ1) is 9.56. The summed E-state index contributed by atoms with van der Waals surface area (Å²) in [4.78, 5) is 16.2. The Kier molecular flexibility index (Phi) is 3.52. The average molecular weight is 288 g/mol. The Labute approximate surface area is 123 Å². The Hall–Kier alpha value is -1.39. The third-order valence-corrected chi connectivity index (χ3v) is 5.35. The van der Waals surface area contributed by atoms with E-state index in [1.165, 1.54) is 10.4 Å². The quantitative estimate of drug-likeness (QED) is 0.811. The van der Waals surface area contributed by atoms with E-state index in [0.717, 1.165) is 36.5 Å². The lowest BCUT2D eigenvalue weighted by atomic mass is 10.1. The van der Waals surface area contributed by atoms with E-state index in [-0.39, 0.29) is 5.78 Å². The summed E-state index contributed by atoms with van der Waals surface area (Å²) in [5.41, 5.74) is 4.49. The summed E-state index contributed by atoms with van der Waals surface area (Å²) in [5.74, 6) is 0.241. The van der Waals surface area contributed by atoms with Gasteiger partial charge in [0.05, 0.1) is 6.54 Å². The molecule has 0 amide bonds. The van der Waals surface area contributed by atoms with Crippen LogP contribution in [0.5, 0.6) is 0 Å². The second-order valence-electron chi connectivity index (χ2n) is 5.60. The number of rotatable bonds is 3. The molecule has 0 spiro atoms. The number of ketones is 1. The molecule has 0 aromatic carbocycles. The number of carbonyl (C=O) groups is 1. The van der Waals surface area contributed by atoms with E-state index in [9.17, 15) is 4.79 Å². The van der Waals surface area contributed by atoms with Gasteiger partial charge >= 0.3 is 0 Å². The molecule has 0 fully saturated rings. The molecule has 0 atom stereocenters. The fraction of sp³-hybridized carbons (Fsp3) is 0.438. The molecule has 0 saturated heterocycles. The molecule has 1 aliphatic heterocycles. The Bertz CT molecular complexity index is 653. The number of fused-ring (bicyclic) bond motifs is 1. The molecular weight excluding hydrogens is 268 g/mol. The molecule has 3 rings (SSSR count). The van der Waals surface area contributed by atoms with Crippen molar-refractivity contribution in [1.82, 2.24) is 9.47 Å². The SMILES string of the molecule is Cc1cc(C(=O)CN2CCc3sccc3C2)c(C)n1C. The molecule has 3 nitrogen and oxygen atoms in total. The van der Waals surface area contributed by atoms with Crippen molar-refractivity contribution in [2.45, 2.75) is 26.8 Å². The molecule has 3 heterocycles. The van der Waals surface area contributed by atoms with Gasteiger partial charge in [-0.25, -0.2) is 0 Å². The number of hydrogen-bond donors (Lipinski definition) is 0. The van der Waals surface area contributed by atoms with E-state index in [1.807, 2.05) is 38.3 Å². The minimum Gasteiger partial charge on any atom is -0.351 e. The summed E-state index contributed by atoms with van der Waals surface area (Å²) < 4.78 is 2.08. The van der Waals surface area contributed by atoms with Gasteiger partial charge in [-0.2, -0.15) is 0 Å². The molecule has 0 bridgehead atoms. The summed E-state index contributed by atoms with van der Waals surface area (Å²) >= 11 is 1.84. The van der Waals surface area contributed by atoms with Crippen LogP contribution in [0.1, 0.15) is 32.2 Å². The number of aromatic nitrogens is 1. The lowest BCUT2D eigenvalue weighted by molar-refractivity contribution is 0.0921. The van der Waals surface area contributed by atoms with Crippen LogP contribution in [0.15, 0.2) is 17.5 Å². The standard InChI is InChI=1S/C16H20N2OS/c1-11-8-14(12(2)17(11)3)15(19)10-18-6-4-16-13(9-18)5-7-20-16/h5,7-8H,4,6,9-10H2,1-3H3. The topological polar surface area (TPSA) is 25.2 Å². The number of carbonyl (C=O) groups excluding carboxylic acids is 1. The van der Waals surface area contributed by atoms with Crippen molar-refractivity contribution in [3.63, 3.8) is 0 Å². The molecule has 4 heteroatoms. The van der Waals surface area contributed by atoms with E-state index in [2.05, 4.69) is 20.9 Å². The first-order valence-corrected chi connectivity index (χ1v) is 7.88. The first kappa shape index (κ1) is 13.6. The summed E-state index contributed by atoms with van der Waals surface area (Å²) in [6.07, 6.45) is 1.08. The Morgan fingerprint density at radius 3 is 2.90 bits per heavy atom. The fourth-order valence-corrected chi connectivity index (χ4v) is 3.76.